The number of aryl methyl sites for hydroxylation is 2. The van der Waals surface area contributed by atoms with Crippen molar-refractivity contribution in [1.29, 1.82) is 0 Å². The van der Waals surface area contributed by atoms with Crippen LogP contribution in [0.25, 0.3) is 22.0 Å². The topological polar surface area (TPSA) is 37.8 Å². The zero-order chi connectivity index (χ0) is 15.0. The van der Waals surface area contributed by atoms with Gasteiger partial charge >= 0.3 is 0 Å². The summed E-state index contributed by atoms with van der Waals surface area (Å²) in [4.78, 5) is 8.91. The van der Waals surface area contributed by atoms with Crippen molar-refractivity contribution in [1.82, 2.24) is 9.97 Å². The van der Waals surface area contributed by atoms with Gasteiger partial charge in [-0.2, -0.15) is 0 Å². The van der Waals surface area contributed by atoms with Crippen LogP contribution < -0.4 is 5.32 Å². The molecule has 0 atom stereocenters. The van der Waals surface area contributed by atoms with Crippen LogP contribution in [-0.4, -0.2) is 17.0 Å². The molecule has 0 spiro atoms. The van der Waals surface area contributed by atoms with Crippen LogP contribution in [0.1, 0.15) is 11.4 Å². The molecule has 0 radical (unpaired) electrons. The fourth-order valence-electron chi connectivity index (χ4n) is 2.66. The van der Waals surface area contributed by atoms with Gasteiger partial charge in [-0.1, -0.05) is 18.2 Å². The van der Waals surface area contributed by atoms with Gasteiger partial charge < -0.3 is 5.32 Å². The maximum absolute atomic E-state index is 13.5. The van der Waals surface area contributed by atoms with E-state index in [9.17, 15) is 4.39 Å². The fraction of sp³-hybridized carbons (Fsp3) is 0.176. The Labute approximate surface area is 122 Å². The molecule has 0 amide bonds. The van der Waals surface area contributed by atoms with Crippen molar-refractivity contribution in [3.63, 3.8) is 0 Å². The lowest BCUT2D eigenvalue weighted by atomic mass is 9.97. The van der Waals surface area contributed by atoms with E-state index in [0.29, 0.717) is 0 Å². The molecule has 4 heteroatoms. The minimum absolute atomic E-state index is 0.235. The van der Waals surface area contributed by atoms with E-state index < -0.39 is 0 Å². The third-order valence-corrected chi connectivity index (χ3v) is 3.61. The first-order chi connectivity index (χ1) is 10.1. The average molecular weight is 281 g/mol. The molecule has 3 nitrogen and oxygen atoms in total. The molecular weight excluding hydrogens is 265 g/mol. The zero-order valence-corrected chi connectivity index (χ0v) is 12.2. The van der Waals surface area contributed by atoms with Crippen LogP contribution in [-0.2, 0) is 0 Å². The summed E-state index contributed by atoms with van der Waals surface area (Å²) in [5, 5.41) is 4.09. The van der Waals surface area contributed by atoms with Crippen molar-refractivity contribution in [2.75, 3.05) is 12.4 Å². The van der Waals surface area contributed by atoms with Crippen molar-refractivity contribution in [2.45, 2.75) is 13.8 Å². The number of hydrogen-bond donors (Lipinski definition) is 1. The van der Waals surface area contributed by atoms with Gasteiger partial charge in [-0.05, 0) is 48.7 Å². The number of anilines is 1. The summed E-state index contributed by atoms with van der Waals surface area (Å²) in [5.41, 5.74) is 3.79. The Morgan fingerprint density at radius 1 is 1.05 bits per heavy atom. The summed E-state index contributed by atoms with van der Waals surface area (Å²) in [7, 11) is 1.84. The van der Waals surface area contributed by atoms with E-state index in [0.717, 1.165) is 39.2 Å². The highest BCUT2D eigenvalue weighted by atomic mass is 19.1. The van der Waals surface area contributed by atoms with E-state index >= 15 is 0 Å². The van der Waals surface area contributed by atoms with Gasteiger partial charge in [0.25, 0.3) is 0 Å². The normalized spacial score (nSPS) is 10.9. The van der Waals surface area contributed by atoms with Gasteiger partial charge in [-0.25, -0.2) is 14.4 Å². The molecule has 1 heterocycles. The molecule has 0 fully saturated rings. The Kier molecular flexibility index (Phi) is 3.29. The Bertz CT molecular complexity index is 828. The molecular formula is C17H16FN3. The second kappa shape index (κ2) is 5.13. The molecule has 0 aliphatic rings. The molecule has 0 saturated heterocycles. The fourth-order valence-corrected chi connectivity index (χ4v) is 2.66. The second-order valence-electron chi connectivity index (χ2n) is 5.01. The highest BCUT2D eigenvalue weighted by Crippen LogP contribution is 2.32. The number of rotatable bonds is 2. The van der Waals surface area contributed by atoms with Gasteiger partial charge in [0.1, 0.15) is 17.5 Å². The van der Waals surface area contributed by atoms with Gasteiger partial charge in [0.2, 0.25) is 0 Å². The molecule has 0 aliphatic heterocycles. The van der Waals surface area contributed by atoms with Crippen LogP contribution in [0.2, 0.25) is 0 Å². The number of benzene rings is 2. The molecule has 106 valence electrons. The van der Waals surface area contributed by atoms with Crippen molar-refractivity contribution in [2.24, 2.45) is 0 Å². The minimum atomic E-state index is -0.235. The molecule has 0 aliphatic carbocycles. The number of fused-ring (bicyclic) bond motifs is 1. The third kappa shape index (κ3) is 2.33. The summed E-state index contributed by atoms with van der Waals surface area (Å²) < 4.78 is 13.5. The molecule has 1 N–H and O–H groups in total. The van der Waals surface area contributed by atoms with E-state index in [4.69, 9.17) is 0 Å². The molecule has 3 rings (SSSR count). The van der Waals surface area contributed by atoms with Crippen LogP contribution >= 0.6 is 0 Å². The first-order valence-corrected chi connectivity index (χ1v) is 6.82. The molecule has 0 bridgehead atoms. The van der Waals surface area contributed by atoms with Gasteiger partial charge in [0, 0.05) is 12.4 Å². The molecule has 1 aromatic heterocycles. The highest BCUT2D eigenvalue weighted by molar-refractivity contribution is 5.96. The van der Waals surface area contributed by atoms with Gasteiger partial charge in [-0.15, -0.1) is 0 Å². The maximum Gasteiger partial charge on any atom is 0.137 e. The summed E-state index contributed by atoms with van der Waals surface area (Å²) >= 11 is 0. The summed E-state index contributed by atoms with van der Waals surface area (Å²) in [6.07, 6.45) is 0. The average Bonchev–Trinajstić information content (AvgIpc) is 2.46. The first kappa shape index (κ1) is 13.5. The maximum atomic E-state index is 13.5. The number of halogens is 1. The third-order valence-electron chi connectivity index (χ3n) is 3.61. The number of aromatic nitrogens is 2. The Balaban J connectivity index is 2.32. The van der Waals surface area contributed by atoms with Crippen molar-refractivity contribution >= 4 is 16.7 Å². The lowest BCUT2D eigenvalue weighted by Gasteiger charge is -2.13. The summed E-state index contributed by atoms with van der Waals surface area (Å²) in [6, 6.07) is 10.6. The SMILES string of the molecule is CNc1nc(C)nc2ccc(-c3cccc(F)c3)c(C)c12. The van der Waals surface area contributed by atoms with E-state index in [1.165, 1.54) is 6.07 Å². The van der Waals surface area contributed by atoms with Crippen LogP contribution in [0.4, 0.5) is 10.2 Å². The van der Waals surface area contributed by atoms with Crippen LogP contribution in [0.5, 0.6) is 0 Å². The minimum Gasteiger partial charge on any atom is -0.373 e. The molecule has 3 aromatic rings. The predicted octanol–water partition coefficient (Wildman–Crippen LogP) is 4.09. The number of nitrogens with one attached hydrogen (secondary N) is 1. The van der Waals surface area contributed by atoms with E-state index in [1.54, 1.807) is 12.1 Å². The van der Waals surface area contributed by atoms with Gasteiger partial charge in [0.15, 0.2) is 0 Å². The van der Waals surface area contributed by atoms with E-state index in [1.807, 2.05) is 39.1 Å². The summed E-state index contributed by atoms with van der Waals surface area (Å²) in [5.74, 6) is 1.29. The van der Waals surface area contributed by atoms with E-state index in [2.05, 4.69) is 15.3 Å². The monoisotopic (exact) mass is 281 g/mol. The zero-order valence-electron chi connectivity index (χ0n) is 12.2. The molecule has 21 heavy (non-hydrogen) atoms. The van der Waals surface area contributed by atoms with Gasteiger partial charge in [-0.3, -0.25) is 0 Å². The Morgan fingerprint density at radius 3 is 2.57 bits per heavy atom. The highest BCUT2D eigenvalue weighted by Gasteiger charge is 2.12. The smallest absolute Gasteiger partial charge is 0.137 e. The molecule has 0 saturated carbocycles. The van der Waals surface area contributed by atoms with Crippen molar-refractivity contribution in [3.05, 3.63) is 53.6 Å². The number of nitrogens with zero attached hydrogens (tertiary/aromatic N) is 2. The van der Waals surface area contributed by atoms with Crippen LogP contribution in [0.15, 0.2) is 36.4 Å². The van der Waals surface area contributed by atoms with Gasteiger partial charge in [0.05, 0.1) is 5.52 Å². The summed E-state index contributed by atoms with van der Waals surface area (Å²) in [6.45, 7) is 3.89. The first-order valence-electron chi connectivity index (χ1n) is 6.82. The Hall–Kier alpha value is -2.49. The quantitative estimate of drug-likeness (QED) is 0.768. The lowest BCUT2D eigenvalue weighted by molar-refractivity contribution is 0.628. The predicted molar refractivity (Wildman–Crippen MR) is 84.0 cm³/mol. The largest absolute Gasteiger partial charge is 0.373 e. The molecule has 2 aromatic carbocycles. The van der Waals surface area contributed by atoms with E-state index in [-0.39, 0.29) is 5.82 Å². The second-order valence-corrected chi connectivity index (χ2v) is 5.01. The Morgan fingerprint density at radius 2 is 1.86 bits per heavy atom. The van der Waals surface area contributed by atoms with Crippen LogP contribution in [0.3, 0.4) is 0 Å². The number of hydrogen-bond acceptors (Lipinski definition) is 3. The molecule has 0 unspecified atom stereocenters. The van der Waals surface area contributed by atoms with Crippen molar-refractivity contribution in [3.8, 4) is 11.1 Å². The lowest BCUT2D eigenvalue weighted by Crippen LogP contribution is -2.00. The standard InChI is InChI=1S/C17H16FN3/c1-10-14(12-5-4-6-13(18)9-12)7-8-15-16(10)17(19-3)21-11(2)20-15/h4-9H,1-3H3,(H,19,20,21). The van der Waals surface area contributed by atoms with Crippen LogP contribution in [0, 0.1) is 19.7 Å². The van der Waals surface area contributed by atoms with Crippen molar-refractivity contribution < 1.29 is 4.39 Å².